The minimum Gasteiger partial charge on any atom is -0.496 e. The number of rotatable bonds is 3. The van der Waals surface area contributed by atoms with Crippen molar-refractivity contribution < 1.29 is 22.7 Å². The zero-order valence-corrected chi connectivity index (χ0v) is 16.3. The lowest BCUT2D eigenvalue weighted by Crippen LogP contribution is -2.65. The molecule has 1 unspecified atom stereocenters. The van der Waals surface area contributed by atoms with E-state index in [0.29, 0.717) is 16.2 Å². The highest BCUT2D eigenvalue weighted by Gasteiger charge is 2.60. The Morgan fingerprint density at radius 3 is 2.61 bits per heavy atom. The van der Waals surface area contributed by atoms with Gasteiger partial charge in [-0.1, -0.05) is 0 Å². The van der Waals surface area contributed by atoms with Crippen LogP contribution in [0.3, 0.4) is 0 Å². The zero-order chi connectivity index (χ0) is 19.7. The first-order valence-electron chi connectivity index (χ1n) is 9.57. The van der Waals surface area contributed by atoms with Gasteiger partial charge in [-0.05, 0) is 68.3 Å². The lowest BCUT2D eigenvalue weighted by atomic mass is 9.77. The van der Waals surface area contributed by atoms with Crippen LogP contribution < -0.4 is 10.1 Å². The third kappa shape index (κ3) is 2.64. The van der Waals surface area contributed by atoms with E-state index in [4.69, 9.17) is 4.74 Å². The number of nitrogens with zero attached hydrogens (tertiary/aromatic N) is 1. The van der Waals surface area contributed by atoms with Gasteiger partial charge in [0.25, 0.3) is 5.91 Å². The predicted octanol–water partition coefficient (Wildman–Crippen LogP) is 4.29. The van der Waals surface area contributed by atoms with Crippen LogP contribution >= 0.6 is 11.3 Å². The molecule has 1 N–H and O–H groups in total. The number of benzene rings is 1. The summed E-state index contributed by atoms with van der Waals surface area (Å²) in [4.78, 5) is 15.8. The fraction of sp³-hybridized carbons (Fsp3) is 0.550. The van der Waals surface area contributed by atoms with E-state index in [1.807, 2.05) is 0 Å². The molecule has 1 saturated carbocycles. The normalized spacial score (nSPS) is 27.9. The van der Waals surface area contributed by atoms with Gasteiger partial charge in [-0.15, -0.1) is 11.3 Å². The van der Waals surface area contributed by atoms with E-state index in [-0.39, 0.29) is 27.9 Å². The lowest BCUT2D eigenvalue weighted by molar-refractivity contribution is -0.137. The summed E-state index contributed by atoms with van der Waals surface area (Å²) in [6.45, 7) is 2.18. The van der Waals surface area contributed by atoms with Crippen LogP contribution in [-0.2, 0) is 6.18 Å². The third-order valence-corrected chi connectivity index (χ3v) is 7.81. The molecular formula is C20H21F3N2O2S. The maximum atomic E-state index is 13.6. The number of fused-ring (bicyclic) bond motifs is 3. The average molecular weight is 410 g/mol. The smallest absolute Gasteiger partial charge is 0.421 e. The Kier molecular flexibility index (Phi) is 3.97. The van der Waals surface area contributed by atoms with Crippen LogP contribution in [0.15, 0.2) is 18.2 Å². The number of alkyl halides is 3. The Balaban J connectivity index is 1.47. The average Bonchev–Trinajstić information content (AvgIpc) is 3.32. The number of thiophene rings is 1. The molecule has 2 aromatic rings. The Morgan fingerprint density at radius 2 is 2.00 bits per heavy atom. The number of amides is 1. The second kappa shape index (κ2) is 6.10. The summed E-state index contributed by atoms with van der Waals surface area (Å²) in [7, 11) is 1.22. The first-order valence-corrected chi connectivity index (χ1v) is 10.4. The summed E-state index contributed by atoms with van der Waals surface area (Å²) in [6.07, 6.45) is -0.201. The molecule has 1 spiro atoms. The van der Waals surface area contributed by atoms with Crippen LogP contribution in [0.2, 0.25) is 0 Å². The number of carbonyl (C=O) groups excluding carboxylic acids is 1. The van der Waals surface area contributed by atoms with Crippen molar-refractivity contribution in [3.8, 4) is 5.75 Å². The van der Waals surface area contributed by atoms with Crippen LogP contribution in [0.4, 0.5) is 13.2 Å². The van der Waals surface area contributed by atoms with Crippen LogP contribution in [0.1, 0.15) is 40.9 Å². The molecule has 4 fully saturated rings. The van der Waals surface area contributed by atoms with Crippen molar-refractivity contribution in [3.05, 3.63) is 28.6 Å². The first kappa shape index (κ1) is 18.2. The van der Waals surface area contributed by atoms with Crippen LogP contribution in [0.25, 0.3) is 10.1 Å². The molecule has 3 aliphatic heterocycles. The second-order valence-electron chi connectivity index (χ2n) is 8.05. The number of piperidine rings is 3. The van der Waals surface area contributed by atoms with Gasteiger partial charge < -0.3 is 10.1 Å². The van der Waals surface area contributed by atoms with E-state index in [1.165, 1.54) is 13.2 Å². The maximum Gasteiger partial charge on any atom is 0.421 e. The number of hydrogen-bond acceptors (Lipinski definition) is 4. The number of halogens is 3. The highest BCUT2D eigenvalue weighted by Crippen LogP contribution is 2.54. The lowest BCUT2D eigenvalue weighted by Gasteiger charge is -2.52. The van der Waals surface area contributed by atoms with E-state index in [2.05, 4.69) is 10.2 Å². The molecule has 3 saturated heterocycles. The molecule has 1 atom stereocenters. The van der Waals surface area contributed by atoms with Crippen molar-refractivity contribution in [1.82, 2.24) is 10.2 Å². The van der Waals surface area contributed by atoms with Crippen molar-refractivity contribution in [2.45, 2.75) is 43.4 Å². The van der Waals surface area contributed by atoms with E-state index in [1.54, 1.807) is 12.1 Å². The minimum absolute atomic E-state index is 0.0482. The monoisotopic (exact) mass is 410 g/mol. The maximum absolute atomic E-state index is 13.6. The summed E-state index contributed by atoms with van der Waals surface area (Å²) in [6, 6.07) is 4.55. The van der Waals surface area contributed by atoms with Gasteiger partial charge in [0, 0.05) is 5.54 Å². The molecule has 8 heteroatoms. The number of carbonyl (C=O) groups is 1. The molecule has 2 bridgehead atoms. The Labute approximate surface area is 164 Å². The fourth-order valence-corrected chi connectivity index (χ4v) is 6.29. The van der Waals surface area contributed by atoms with Gasteiger partial charge in [0.2, 0.25) is 0 Å². The Hall–Kier alpha value is -1.80. The van der Waals surface area contributed by atoms with E-state index in [9.17, 15) is 18.0 Å². The minimum atomic E-state index is -4.54. The molecule has 4 aliphatic rings. The first-order chi connectivity index (χ1) is 13.3. The standard InChI is InChI=1S/C20H21F3N2O2S/c1-27-13-3-2-12-10-14(28-16(12)15(13)20(21,22)23)18(26)24-17-11-4-8-25(9-5-11)19(17)6-7-19/h2-3,10-11,17H,4-9H2,1H3,(H,24,26). The summed E-state index contributed by atoms with van der Waals surface area (Å²) >= 11 is 0.892. The van der Waals surface area contributed by atoms with Crippen molar-refractivity contribution in [3.63, 3.8) is 0 Å². The van der Waals surface area contributed by atoms with Gasteiger partial charge in [-0.3, -0.25) is 9.69 Å². The molecule has 1 aliphatic carbocycles. The van der Waals surface area contributed by atoms with Crippen molar-refractivity contribution in [2.24, 2.45) is 5.92 Å². The van der Waals surface area contributed by atoms with Gasteiger partial charge in [-0.25, -0.2) is 0 Å². The van der Waals surface area contributed by atoms with E-state index < -0.39 is 11.7 Å². The van der Waals surface area contributed by atoms with Gasteiger partial charge in [-0.2, -0.15) is 13.2 Å². The molecular weight excluding hydrogens is 389 g/mol. The Morgan fingerprint density at radius 1 is 1.29 bits per heavy atom. The molecule has 4 heterocycles. The molecule has 150 valence electrons. The number of methoxy groups -OCH3 is 1. The van der Waals surface area contributed by atoms with Gasteiger partial charge in [0.1, 0.15) is 11.3 Å². The number of hydrogen-bond donors (Lipinski definition) is 1. The van der Waals surface area contributed by atoms with Crippen LogP contribution in [0, 0.1) is 5.92 Å². The largest absolute Gasteiger partial charge is 0.496 e. The zero-order valence-electron chi connectivity index (χ0n) is 15.4. The number of ether oxygens (including phenoxy) is 1. The van der Waals surface area contributed by atoms with Gasteiger partial charge in [0.05, 0.1) is 22.7 Å². The molecule has 4 nitrogen and oxygen atoms in total. The SMILES string of the molecule is COc1ccc2cc(C(=O)NC3C4CCN(CC4)C34CC4)sc2c1C(F)(F)F. The molecule has 28 heavy (non-hydrogen) atoms. The second-order valence-corrected chi connectivity index (χ2v) is 9.10. The third-order valence-electron chi connectivity index (χ3n) is 6.64. The summed E-state index contributed by atoms with van der Waals surface area (Å²) in [5.41, 5.74) is -0.716. The van der Waals surface area contributed by atoms with Crippen molar-refractivity contribution in [1.29, 1.82) is 0 Å². The summed E-state index contributed by atoms with van der Waals surface area (Å²) in [5, 5.41) is 3.60. The van der Waals surface area contributed by atoms with Gasteiger partial charge >= 0.3 is 6.18 Å². The number of nitrogens with one attached hydrogen (secondary N) is 1. The molecule has 1 aromatic carbocycles. The topological polar surface area (TPSA) is 41.6 Å². The molecule has 6 rings (SSSR count). The van der Waals surface area contributed by atoms with Crippen molar-refractivity contribution >= 4 is 27.3 Å². The van der Waals surface area contributed by atoms with Crippen LogP contribution in [-0.4, -0.2) is 42.6 Å². The molecule has 1 amide bonds. The molecule has 0 radical (unpaired) electrons. The quantitative estimate of drug-likeness (QED) is 0.821. The predicted molar refractivity (Wildman–Crippen MR) is 101 cm³/mol. The highest BCUT2D eigenvalue weighted by molar-refractivity contribution is 7.21. The summed E-state index contributed by atoms with van der Waals surface area (Å²) in [5.74, 6) is -0.0156. The molecule has 1 aromatic heterocycles. The Bertz CT molecular complexity index is 943. The summed E-state index contributed by atoms with van der Waals surface area (Å²) < 4.78 is 45.7. The van der Waals surface area contributed by atoms with Crippen LogP contribution in [0.5, 0.6) is 5.75 Å². The fourth-order valence-electron chi connectivity index (χ4n) is 5.17. The van der Waals surface area contributed by atoms with Crippen molar-refractivity contribution in [2.75, 3.05) is 20.2 Å². The van der Waals surface area contributed by atoms with E-state index >= 15 is 0 Å². The van der Waals surface area contributed by atoms with E-state index in [0.717, 1.165) is 50.1 Å². The highest BCUT2D eigenvalue weighted by atomic mass is 32.1. The van der Waals surface area contributed by atoms with Gasteiger partial charge in [0.15, 0.2) is 0 Å².